The molecule has 4 heteroatoms. The van der Waals surface area contributed by atoms with E-state index < -0.39 is 0 Å². The number of rotatable bonds is 3. The molecule has 19 heavy (non-hydrogen) atoms. The number of fused-ring (bicyclic) bond motifs is 1. The van der Waals surface area contributed by atoms with Crippen molar-refractivity contribution in [2.75, 3.05) is 12.4 Å². The second-order valence-electron chi connectivity index (χ2n) is 5.07. The van der Waals surface area contributed by atoms with E-state index >= 15 is 0 Å². The van der Waals surface area contributed by atoms with E-state index in [1.54, 1.807) is 7.05 Å². The number of nitrogens with zero attached hydrogens (tertiary/aromatic N) is 1. The summed E-state index contributed by atoms with van der Waals surface area (Å²) in [5.74, 6) is 0.769. The lowest BCUT2D eigenvalue weighted by molar-refractivity contribution is 0.904. The molecular formula is C15H18BN3. The average Bonchev–Trinajstić information content (AvgIpc) is 3.24. The first-order chi connectivity index (χ1) is 9.29. The zero-order chi connectivity index (χ0) is 13.2. The summed E-state index contributed by atoms with van der Waals surface area (Å²) in [6.45, 7) is 0. The van der Waals surface area contributed by atoms with Gasteiger partial charge >= 0.3 is 0 Å². The molecule has 0 amide bonds. The van der Waals surface area contributed by atoms with Gasteiger partial charge in [-0.15, -0.1) is 0 Å². The maximum Gasteiger partial charge on any atom is 0.188 e. The van der Waals surface area contributed by atoms with Crippen LogP contribution in [0.25, 0.3) is 10.8 Å². The van der Waals surface area contributed by atoms with Gasteiger partial charge in [0, 0.05) is 18.1 Å². The van der Waals surface area contributed by atoms with E-state index in [4.69, 9.17) is 0 Å². The van der Waals surface area contributed by atoms with Crippen LogP contribution < -0.4 is 10.7 Å². The average molecular weight is 251 g/mol. The van der Waals surface area contributed by atoms with Crippen LogP contribution in [-0.4, -0.2) is 20.6 Å². The van der Waals surface area contributed by atoms with E-state index in [1.165, 1.54) is 29.2 Å². The van der Waals surface area contributed by atoms with Crippen molar-refractivity contribution >= 4 is 30.0 Å². The van der Waals surface area contributed by atoms with Gasteiger partial charge in [-0.05, 0) is 35.8 Å². The van der Waals surface area contributed by atoms with Crippen molar-refractivity contribution in [3.05, 3.63) is 42.0 Å². The van der Waals surface area contributed by atoms with E-state index in [9.17, 15) is 0 Å². The van der Waals surface area contributed by atoms with Gasteiger partial charge in [-0.3, -0.25) is 0 Å². The lowest BCUT2D eigenvalue weighted by atomic mass is 9.99. The Morgan fingerprint density at radius 3 is 2.58 bits per heavy atom. The summed E-state index contributed by atoms with van der Waals surface area (Å²) in [4.78, 5) is 0. The topological polar surface area (TPSA) is 36.4 Å². The Bertz CT molecular complexity index is 632. The van der Waals surface area contributed by atoms with Crippen molar-refractivity contribution in [3.8, 4) is 0 Å². The molecule has 0 aromatic heterocycles. The van der Waals surface area contributed by atoms with E-state index in [0.717, 1.165) is 17.3 Å². The minimum absolute atomic E-state index is 0.769. The zero-order valence-corrected chi connectivity index (χ0v) is 11.4. The lowest BCUT2D eigenvalue weighted by Gasteiger charge is -2.12. The maximum atomic E-state index is 4.15. The van der Waals surface area contributed by atoms with Crippen molar-refractivity contribution in [3.63, 3.8) is 0 Å². The molecule has 0 unspecified atom stereocenters. The number of anilines is 1. The minimum Gasteiger partial charge on any atom is -0.351 e. The predicted octanol–water partition coefficient (Wildman–Crippen LogP) is 2.25. The smallest absolute Gasteiger partial charge is 0.188 e. The Morgan fingerprint density at radius 2 is 1.89 bits per heavy atom. The van der Waals surface area contributed by atoms with Crippen LogP contribution in [0.3, 0.4) is 0 Å². The third-order valence-electron chi connectivity index (χ3n) is 3.57. The standard InChI is InChI=1S/C15H18BN3/c1-17-19-15(16)18-14-9-8-11(10-6-7-10)12-4-2-3-5-13(12)14/h2-5,8-10,17H,6-7,16H2,1H3,(H,18,19). The molecule has 2 aromatic carbocycles. The highest BCUT2D eigenvalue weighted by Gasteiger charge is 2.25. The van der Waals surface area contributed by atoms with E-state index in [-0.39, 0.29) is 0 Å². The van der Waals surface area contributed by atoms with Crippen molar-refractivity contribution in [2.45, 2.75) is 18.8 Å². The summed E-state index contributed by atoms with van der Waals surface area (Å²) in [6.07, 6.45) is 2.66. The van der Waals surface area contributed by atoms with Crippen molar-refractivity contribution in [1.29, 1.82) is 0 Å². The molecule has 3 rings (SSSR count). The van der Waals surface area contributed by atoms with Crippen LogP contribution in [0.5, 0.6) is 0 Å². The number of benzene rings is 2. The Balaban J connectivity index is 2.06. The van der Waals surface area contributed by atoms with Gasteiger partial charge < -0.3 is 10.7 Å². The maximum absolute atomic E-state index is 4.15. The Morgan fingerprint density at radius 1 is 1.16 bits per heavy atom. The number of hydrogen-bond acceptors (Lipinski definition) is 2. The van der Waals surface area contributed by atoms with Crippen LogP contribution in [0.15, 0.2) is 41.5 Å². The first-order valence-electron chi connectivity index (χ1n) is 6.79. The first kappa shape index (κ1) is 12.1. The molecule has 1 aliphatic carbocycles. The van der Waals surface area contributed by atoms with Crippen LogP contribution in [-0.2, 0) is 0 Å². The fourth-order valence-electron chi connectivity index (χ4n) is 2.57. The Labute approximate surface area is 114 Å². The molecular weight excluding hydrogens is 233 g/mol. The summed E-state index contributed by atoms with van der Waals surface area (Å²) in [6, 6.07) is 13.0. The second kappa shape index (κ2) is 4.96. The fourth-order valence-corrected chi connectivity index (χ4v) is 2.57. The first-order valence-corrected chi connectivity index (χ1v) is 6.79. The van der Waals surface area contributed by atoms with E-state index in [2.05, 4.69) is 52.2 Å². The van der Waals surface area contributed by atoms with Crippen LogP contribution in [0.2, 0.25) is 0 Å². The van der Waals surface area contributed by atoms with Gasteiger partial charge in [0.1, 0.15) is 0 Å². The van der Waals surface area contributed by atoms with E-state index in [0.29, 0.717) is 0 Å². The highest BCUT2D eigenvalue weighted by atomic mass is 15.3. The molecule has 96 valence electrons. The van der Waals surface area contributed by atoms with Gasteiger partial charge in [0.2, 0.25) is 0 Å². The molecule has 0 heterocycles. The van der Waals surface area contributed by atoms with Gasteiger partial charge in [-0.25, -0.2) is 0 Å². The SMILES string of the molecule is B/C(=N/NC)Nc1ccc(C2CC2)c2ccccc12. The summed E-state index contributed by atoms with van der Waals surface area (Å²) >= 11 is 0. The van der Waals surface area contributed by atoms with Crippen molar-refractivity contribution in [2.24, 2.45) is 5.10 Å². The van der Waals surface area contributed by atoms with Crippen molar-refractivity contribution < 1.29 is 0 Å². The zero-order valence-electron chi connectivity index (χ0n) is 11.4. The molecule has 0 radical (unpaired) electrons. The van der Waals surface area contributed by atoms with Gasteiger partial charge in [-0.1, -0.05) is 30.3 Å². The third-order valence-corrected chi connectivity index (χ3v) is 3.57. The molecule has 3 nitrogen and oxygen atoms in total. The molecule has 0 aliphatic heterocycles. The molecule has 2 aromatic rings. The van der Waals surface area contributed by atoms with Gasteiger partial charge in [0.05, 0.1) is 5.73 Å². The fraction of sp³-hybridized carbons (Fsp3) is 0.267. The highest BCUT2D eigenvalue weighted by molar-refractivity contribution is 6.62. The largest absolute Gasteiger partial charge is 0.351 e. The summed E-state index contributed by atoms with van der Waals surface area (Å²) < 4.78 is 0. The van der Waals surface area contributed by atoms with Gasteiger partial charge in [-0.2, -0.15) is 5.10 Å². The van der Waals surface area contributed by atoms with Gasteiger partial charge in [0.15, 0.2) is 7.85 Å². The Kier molecular flexibility index (Phi) is 3.16. The minimum atomic E-state index is 0.769. The van der Waals surface area contributed by atoms with Crippen LogP contribution in [0.1, 0.15) is 24.3 Å². The number of hydrogen-bond donors (Lipinski definition) is 2. The van der Waals surface area contributed by atoms with Crippen LogP contribution in [0.4, 0.5) is 5.69 Å². The summed E-state index contributed by atoms with van der Waals surface area (Å²) in [7, 11) is 3.76. The lowest BCUT2D eigenvalue weighted by Crippen LogP contribution is -2.15. The van der Waals surface area contributed by atoms with Crippen LogP contribution in [0, 0.1) is 0 Å². The quantitative estimate of drug-likeness (QED) is 0.380. The molecule has 0 saturated heterocycles. The monoisotopic (exact) mass is 251 g/mol. The predicted molar refractivity (Wildman–Crippen MR) is 84.6 cm³/mol. The summed E-state index contributed by atoms with van der Waals surface area (Å²) in [5, 5.41) is 10.2. The third kappa shape index (κ3) is 2.43. The molecule has 0 atom stereocenters. The highest BCUT2D eigenvalue weighted by Crippen LogP contribution is 2.44. The van der Waals surface area contributed by atoms with Gasteiger partial charge in [0.25, 0.3) is 0 Å². The molecule has 0 spiro atoms. The molecule has 1 aliphatic rings. The molecule has 0 bridgehead atoms. The number of amidine groups is 1. The Hall–Kier alpha value is -1.97. The van der Waals surface area contributed by atoms with E-state index in [1.807, 2.05) is 7.85 Å². The van der Waals surface area contributed by atoms with Crippen molar-refractivity contribution in [1.82, 2.24) is 5.43 Å². The van der Waals surface area contributed by atoms with Crippen LogP contribution >= 0.6 is 0 Å². The number of nitrogens with one attached hydrogen (secondary N) is 2. The molecule has 1 fully saturated rings. The second-order valence-corrected chi connectivity index (χ2v) is 5.07. The number of hydrazone groups is 1. The molecule has 1 saturated carbocycles. The molecule has 2 N–H and O–H groups in total. The normalized spacial score (nSPS) is 15.5. The summed E-state index contributed by atoms with van der Waals surface area (Å²) in [5.41, 5.74) is 6.28.